The van der Waals surface area contributed by atoms with Crippen molar-refractivity contribution in [3.63, 3.8) is 0 Å². The molecule has 0 spiro atoms. The molecular formula is C20H25ClN4O3. The number of halogens is 1. The number of carbonyl (C=O) groups is 2. The molecule has 0 unspecified atom stereocenters. The Morgan fingerprint density at radius 3 is 2.57 bits per heavy atom. The number of anilines is 1. The van der Waals surface area contributed by atoms with Crippen LogP contribution in [0.15, 0.2) is 30.3 Å². The summed E-state index contributed by atoms with van der Waals surface area (Å²) in [5.41, 5.74) is 1.70. The van der Waals surface area contributed by atoms with Gasteiger partial charge in [-0.25, -0.2) is 0 Å². The van der Waals surface area contributed by atoms with Gasteiger partial charge in [0.15, 0.2) is 0 Å². The maximum atomic E-state index is 12.4. The van der Waals surface area contributed by atoms with Crippen molar-refractivity contribution in [3.05, 3.63) is 35.4 Å². The van der Waals surface area contributed by atoms with E-state index in [9.17, 15) is 9.59 Å². The second kappa shape index (κ2) is 9.21. The highest BCUT2D eigenvalue weighted by Gasteiger charge is 2.26. The van der Waals surface area contributed by atoms with Crippen LogP contribution in [0.25, 0.3) is 11.3 Å². The van der Waals surface area contributed by atoms with Crippen LogP contribution in [0, 0.1) is 5.92 Å². The van der Waals surface area contributed by atoms with E-state index in [0.29, 0.717) is 30.5 Å². The number of aryl methyl sites for hydroxylation is 1. The number of hydrogen-bond acceptors (Lipinski definition) is 5. The molecule has 0 saturated carbocycles. The van der Waals surface area contributed by atoms with Crippen molar-refractivity contribution < 1.29 is 14.3 Å². The molecule has 0 bridgehead atoms. The fourth-order valence-corrected chi connectivity index (χ4v) is 3.44. The fraction of sp³-hybridized carbons (Fsp3) is 0.450. The summed E-state index contributed by atoms with van der Waals surface area (Å²) in [4.78, 5) is 26.3. The van der Waals surface area contributed by atoms with Gasteiger partial charge in [-0.2, -0.15) is 5.10 Å². The van der Waals surface area contributed by atoms with Gasteiger partial charge >= 0.3 is 5.97 Å². The quantitative estimate of drug-likeness (QED) is 0.749. The van der Waals surface area contributed by atoms with Crippen molar-refractivity contribution in [3.8, 4) is 11.3 Å². The minimum Gasteiger partial charge on any atom is -0.466 e. The molecule has 1 aliphatic heterocycles. The summed E-state index contributed by atoms with van der Waals surface area (Å²) in [5.74, 6) is 0.353. The summed E-state index contributed by atoms with van der Waals surface area (Å²) in [6.07, 6.45) is 1.44. The van der Waals surface area contributed by atoms with Gasteiger partial charge in [0.2, 0.25) is 5.91 Å². The first-order valence-corrected chi connectivity index (χ1v) is 9.83. The first-order valence-electron chi connectivity index (χ1n) is 9.45. The van der Waals surface area contributed by atoms with Crippen LogP contribution < -0.4 is 5.32 Å². The third kappa shape index (κ3) is 5.11. The van der Waals surface area contributed by atoms with Gasteiger partial charge in [-0.1, -0.05) is 23.7 Å². The molecule has 1 aromatic carbocycles. The van der Waals surface area contributed by atoms with Crippen LogP contribution in [-0.4, -0.2) is 52.8 Å². The summed E-state index contributed by atoms with van der Waals surface area (Å²) < 4.78 is 6.73. The van der Waals surface area contributed by atoms with E-state index >= 15 is 0 Å². The minimum absolute atomic E-state index is 0.0572. The molecule has 2 aromatic rings. The topological polar surface area (TPSA) is 76.5 Å². The Morgan fingerprint density at radius 1 is 1.25 bits per heavy atom. The second-order valence-corrected chi connectivity index (χ2v) is 7.33. The van der Waals surface area contributed by atoms with E-state index in [0.717, 1.165) is 24.1 Å². The zero-order valence-electron chi connectivity index (χ0n) is 16.2. The lowest BCUT2D eigenvalue weighted by Gasteiger charge is -2.30. The number of benzene rings is 1. The van der Waals surface area contributed by atoms with Gasteiger partial charge in [-0.05, 0) is 45.0 Å². The van der Waals surface area contributed by atoms with E-state index in [4.69, 9.17) is 16.3 Å². The average molecular weight is 405 g/mol. The standard InChI is InChI=1S/C20H25ClN4O3/c1-3-28-20(27)15-8-10-25(11-9-15)13-19(26)22-18-12-17(23-24(18)2)14-4-6-16(21)7-5-14/h4-7,12,15H,3,8-11,13H2,1-2H3,(H,22,26). The molecule has 28 heavy (non-hydrogen) atoms. The van der Waals surface area contributed by atoms with Crippen molar-refractivity contribution in [1.29, 1.82) is 0 Å². The van der Waals surface area contributed by atoms with Gasteiger partial charge < -0.3 is 10.1 Å². The maximum Gasteiger partial charge on any atom is 0.309 e. The molecule has 3 rings (SSSR count). The molecule has 1 aliphatic rings. The van der Waals surface area contributed by atoms with Gasteiger partial charge in [-0.15, -0.1) is 0 Å². The zero-order valence-corrected chi connectivity index (χ0v) is 16.9. The van der Waals surface area contributed by atoms with Crippen molar-refractivity contribution >= 4 is 29.3 Å². The summed E-state index contributed by atoms with van der Waals surface area (Å²) in [5, 5.41) is 8.03. The van der Waals surface area contributed by atoms with Gasteiger partial charge in [0.1, 0.15) is 5.82 Å². The summed E-state index contributed by atoms with van der Waals surface area (Å²) in [6.45, 7) is 3.92. The number of rotatable bonds is 6. The number of nitrogens with zero attached hydrogens (tertiary/aromatic N) is 3. The molecule has 2 heterocycles. The lowest BCUT2D eigenvalue weighted by atomic mass is 9.97. The van der Waals surface area contributed by atoms with E-state index in [1.807, 2.05) is 37.3 Å². The van der Waals surface area contributed by atoms with E-state index in [2.05, 4.69) is 15.3 Å². The third-order valence-electron chi connectivity index (χ3n) is 4.86. The fourth-order valence-electron chi connectivity index (χ4n) is 3.32. The Morgan fingerprint density at radius 2 is 1.93 bits per heavy atom. The Labute approximate surface area is 169 Å². The Hall–Kier alpha value is -2.38. The lowest BCUT2D eigenvalue weighted by Crippen LogP contribution is -2.41. The van der Waals surface area contributed by atoms with Crippen molar-refractivity contribution in [1.82, 2.24) is 14.7 Å². The minimum atomic E-state index is -0.129. The molecule has 1 saturated heterocycles. The second-order valence-electron chi connectivity index (χ2n) is 6.90. The monoisotopic (exact) mass is 404 g/mol. The highest BCUT2D eigenvalue weighted by molar-refractivity contribution is 6.30. The van der Waals surface area contributed by atoms with Crippen molar-refractivity contribution in [2.45, 2.75) is 19.8 Å². The van der Waals surface area contributed by atoms with Crippen LogP contribution >= 0.6 is 11.6 Å². The Bertz CT molecular complexity index is 826. The number of carbonyl (C=O) groups excluding carboxylic acids is 2. The molecule has 8 heteroatoms. The molecule has 150 valence electrons. The Balaban J connectivity index is 1.53. The number of likely N-dealkylation sites (tertiary alicyclic amines) is 1. The Kier molecular flexibility index (Phi) is 6.70. The molecular weight excluding hydrogens is 380 g/mol. The van der Waals surface area contributed by atoms with Gasteiger partial charge in [0, 0.05) is 23.7 Å². The number of aromatic nitrogens is 2. The third-order valence-corrected chi connectivity index (χ3v) is 5.11. The van der Waals surface area contributed by atoms with Crippen LogP contribution in [0.3, 0.4) is 0 Å². The van der Waals surface area contributed by atoms with Crippen LogP contribution in [0.2, 0.25) is 5.02 Å². The summed E-state index contributed by atoms with van der Waals surface area (Å²) >= 11 is 5.93. The van der Waals surface area contributed by atoms with Gasteiger partial charge in [0.05, 0.1) is 24.8 Å². The van der Waals surface area contributed by atoms with Gasteiger partial charge in [-0.3, -0.25) is 19.2 Å². The van der Waals surface area contributed by atoms with Crippen molar-refractivity contribution in [2.24, 2.45) is 13.0 Å². The van der Waals surface area contributed by atoms with Crippen LogP contribution in [0.4, 0.5) is 5.82 Å². The van der Waals surface area contributed by atoms with Crippen molar-refractivity contribution in [2.75, 3.05) is 31.6 Å². The van der Waals surface area contributed by atoms with E-state index in [1.165, 1.54) is 0 Å². The number of nitrogens with one attached hydrogen (secondary N) is 1. The predicted octanol–water partition coefficient (Wildman–Crippen LogP) is 2.95. The largest absolute Gasteiger partial charge is 0.466 e. The molecule has 1 fully saturated rings. The number of esters is 1. The molecule has 1 amide bonds. The number of hydrogen-bond donors (Lipinski definition) is 1. The van der Waals surface area contributed by atoms with Crippen LogP contribution in [0.5, 0.6) is 0 Å². The predicted molar refractivity (Wildman–Crippen MR) is 108 cm³/mol. The SMILES string of the molecule is CCOC(=O)C1CCN(CC(=O)Nc2cc(-c3ccc(Cl)cc3)nn2C)CC1. The van der Waals surface area contributed by atoms with E-state index in [1.54, 1.807) is 11.7 Å². The highest BCUT2D eigenvalue weighted by Crippen LogP contribution is 2.23. The van der Waals surface area contributed by atoms with Crippen LogP contribution in [0.1, 0.15) is 19.8 Å². The number of piperidine rings is 1. The molecule has 0 aliphatic carbocycles. The highest BCUT2D eigenvalue weighted by atomic mass is 35.5. The smallest absolute Gasteiger partial charge is 0.309 e. The van der Waals surface area contributed by atoms with E-state index in [-0.39, 0.29) is 24.3 Å². The lowest BCUT2D eigenvalue weighted by molar-refractivity contribution is -0.149. The summed E-state index contributed by atoms with van der Waals surface area (Å²) in [6, 6.07) is 9.25. The first-order chi connectivity index (χ1) is 13.5. The average Bonchev–Trinajstić information content (AvgIpc) is 3.03. The number of amides is 1. The summed E-state index contributed by atoms with van der Waals surface area (Å²) in [7, 11) is 1.79. The maximum absolute atomic E-state index is 12.4. The molecule has 7 nitrogen and oxygen atoms in total. The first kappa shape index (κ1) is 20.4. The van der Waals surface area contributed by atoms with Gasteiger partial charge in [0.25, 0.3) is 0 Å². The molecule has 1 N–H and O–H groups in total. The molecule has 0 atom stereocenters. The van der Waals surface area contributed by atoms with Crippen LogP contribution in [-0.2, 0) is 21.4 Å². The normalized spacial score (nSPS) is 15.4. The molecule has 0 radical (unpaired) electrons. The van der Waals surface area contributed by atoms with E-state index < -0.39 is 0 Å². The molecule has 1 aromatic heterocycles. The number of ether oxygens (including phenoxy) is 1. The zero-order chi connectivity index (χ0) is 20.1.